The molecule has 0 aliphatic heterocycles. The van der Waals surface area contributed by atoms with E-state index in [0.29, 0.717) is 6.04 Å². The SMILES string of the molecule is Nc1cccc2occ(CNC3CCC3)c12. The summed E-state index contributed by atoms with van der Waals surface area (Å²) in [5.41, 5.74) is 8.82. The van der Waals surface area contributed by atoms with Gasteiger partial charge >= 0.3 is 0 Å². The van der Waals surface area contributed by atoms with Crippen LogP contribution >= 0.6 is 0 Å². The van der Waals surface area contributed by atoms with Crippen molar-refractivity contribution < 1.29 is 4.42 Å². The predicted molar refractivity (Wildman–Crippen MR) is 65.1 cm³/mol. The molecule has 16 heavy (non-hydrogen) atoms. The van der Waals surface area contributed by atoms with Crippen molar-refractivity contribution in [3.63, 3.8) is 0 Å². The molecule has 1 heterocycles. The van der Waals surface area contributed by atoms with Crippen molar-refractivity contribution in [3.8, 4) is 0 Å². The van der Waals surface area contributed by atoms with Gasteiger partial charge in [-0.2, -0.15) is 0 Å². The molecule has 1 aromatic carbocycles. The first-order valence-corrected chi connectivity index (χ1v) is 5.82. The van der Waals surface area contributed by atoms with Crippen molar-refractivity contribution in [3.05, 3.63) is 30.0 Å². The van der Waals surface area contributed by atoms with Gasteiger partial charge < -0.3 is 15.5 Å². The van der Waals surface area contributed by atoms with Crippen molar-refractivity contribution in [2.75, 3.05) is 5.73 Å². The van der Waals surface area contributed by atoms with Gasteiger partial charge in [0.25, 0.3) is 0 Å². The number of nitrogens with two attached hydrogens (primary N) is 1. The van der Waals surface area contributed by atoms with Gasteiger partial charge in [0.05, 0.1) is 6.26 Å². The van der Waals surface area contributed by atoms with Crippen LogP contribution in [0.25, 0.3) is 11.0 Å². The molecule has 0 bridgehead atoms. The number of furan rings is 1. The van der Waals surface area contributed by atoms with E-state index in [1.54, 1.807) is 0 Å². The summed E-state index contributed by atoms with van der Waals surface area (Å²) in [7, 11) is 0. The minimum Gasteiger partial charge on any atom is -0.464 e. The molecule has 0 unspecified atom stereocenters. The second kappa shape index (κ2) is 3.83. The molecule has 0 saturated heterocycles. The summed E-state index contributed by atoms with van der Waals surface area (Å²) in [5, 5.41) is 4.59. The van der Waals surface area contributed by atoms with Gasteiger partial charge in [0.1, 0.15) is 5.58 Å². The van der Waals surface area contributed by atoms with Crippen molar-refractivity contribution in [1.29, 1.82) is 0 Å². The number of fused-ring (bicyclic) bond motifs is 1. The number of anilines is 1. The van der Waals surface area contributed by atoms with Crippen LogP contribution in [-0.2, 0) is 6.54 Å². The van der Waals surface area contributed by atoms with Crippen LogP contribution in [0.4, 0.5) is 5.69 Å². The van der Waals surface area contributed by atoms with Gasteiger partial charge in [-0.3, -0.25) is 0 Å². The van der Waals surface area contributed by atoms with Gasteiger partial charge in [-0.15, -0.1) is 0 Å². The lowest BCUT2D eigenvalue weighted by molar-refractivity contribution is 0.338. The van der Waals surface area contributed by atoms with Crippen LogP contribution < -0.4 is 11.1 Å². The Morgan fingerprint density at radius 2 is 2.25 bits per heavy atom. The molecule has 0 spiro atoms. The number of hydrogen-bond donors (Lipinski definition) is 2. The Morgan fingerprint density at radius 1 is 1.38 bits per heavy atom. The van der Waals surface area contributed by atoms with Gasteiger partial charge in [-0.05, 0) is 25.0 Å². The van der Waals surface area contributed by atoms with Crippen molar-refractivity contribution in [2.24, 2.45) is 0 Å². The first-order chi connectivity index (χ1) is 7.84. The normalized spacial score (nSPS) is 16.5. The molecule has 84 valence electrons. The first-order valence-electron chi connectivity index (χ1n) is 5.82. The lowest BCUT2D eigenvalue weighted by atomic mass is 9.93. The van der Waals surface area contributed by atoms with Gasteiger partial charge in [0.15, 0.2) is 0 Å². The molecular formula is C13H16N2O. The quantitative estimate of drug-likeness (QED) is 0.775. The Bertz CT molecular complexity index is 500. The highest BCUT2D eigenvalue weighted by molar-refractivity contribution is 5.92. The van der Waals surface area contributed by atoms with Crippen LogP contribution in [0.2, 0.25) is 0 Å². The molecule has 3 nitrogen and oxygen atoms in total. The van der Waals surface area contributed by atoms with E-state index in [4.69, 9.17) is 10.2 Å². The molecule has 0 atom stereocenters. The smallest absolute Gasteiger partial charge is 0.136 e. The van der Waals surface area contributed by atoms with Crippen molar-refractivity contribution in [2.45, 2.75) is 31.8 Å². The molecule has 0 amide bonds. The maximum atomic E-state index is 5.97. The highest BCUT2D eigenvalue weighted by Gasteiger charge is 2.17. The standard InChI is InChI=1S/C13H16N2O/c14-11-5-2-6-12-13(11)9(8-16-12)7-15-10-3-1-4-10/h2,5-6,8,10,15H,1,3-4,7,14H2. The summed E-state index contributed by atoms with van der Waals surface area (Å²) >= 11 is 0. The van der Waals surface area contributed by atoms with Gasteiger partial charge in [-0.1, -0.05) is 12.5 Å². The van der Waals surface area contributed by atoms with E-state index in [-0.39, 0.29) is 0 Å². The fraction of sp³-hybridized carbons (Fsp3) is 0.385. The van der Waals surface area contributed by atoms with Crippen LogP contribution in [0.5, 0.6) is 0 Å². The van der Waals surface area contributed by atoms with E-state index in [9.17, 15) is 0 Å². The van der Waals surface area contributed by atoms with Crippen LogP contribution in [0.3, 0.4) is 0 Å². The third-order valence-corrected chi connectivity index (χ3v) is 3.39. The fourth-order valence-corrected chi connectivity index (χ4v) is 2.18. The molecular weight excluding hydrogens is 200 g/mol. The molecule has 2 aromatic rings. The zero-order valence-electron chi connectivity index (χ0n) is 9.20. The third kappa shape index (κ3) is 1.57. The molecule has 1 aliphatic rings. The minimum absolute atomic E-state index is 0.690. The monoisotopic (exact) mass is 216 g/mol. The summed E-state index contributed by atoms with van der Waals surface area (Å²) in [6, 6.07) is 6.49. The Labute approximate surface area is 94.6 Å². The maximum Gasteiger partial charge on any atom is 0.136 e. The maximum absolute atomic E-state index is 5.97. The highest BCUT2D eigenvalue weighted by Crippen LogP contribution is 2.27. The lowest BCUT2D eigenvalue weighted by Gasteiger charge is -2.26. The van der Waals surface area contributed by atoms with Crippen LogP contribution in [-0.4, -0.2) is 6.04 Å². The molecule has 3 heteroatoms. The summed E-state index contributed by atoms with van der Waals surface area (Å²) in [4.78, 5) is 0. The summed E-state index contributed by atoms with van der Waals surface area (Å²) in [5.74, 6) is 0. The minimum atomic E-state index is 0.690. The zero-order valence-corrected chi connectivity index (χ0v) is 9.20. The van der Waals surface area contributed by atoms with Gasteiger partial charge in [0.2, 0.25) is 0 Å². The van der Waals surface area contributed by atoms with Gasteiger partial charge in [-0.25, -0.2) is 0 Å². The van der Waals surface area contributed by atoms with Crippen LogP contribution in [0, 0.1) is 0 Å². The lowest BCUT2D eigenvalue weighted by Crippen LogP contribution is -2.34. The van der Waals surface area contributed by atoms with E-state index in [1.807, 2.05) is 24.5 Å². The molecule has 1 aromatic heterocycles. The number of nitrogens with one attached hydrogen (secondary N) is 1. The van der Waals surface area contributed by atoms with E-state index in [1.165, 1.54) is 24.8 Å². The number of rotatable bonds is 3. The first kappa shape index (κ1) is 9.73. The van der Waals surface area contributed by atoms with Crippen LogP contribution in [0.1, 0.15) is 24.8 Å². The molecule has 0 radical (unpaired) electrons. The largest absolute Gasteiger partial charge is 0.464 e. The fourth-order valence-electron chi connectivity index (χ4n) is 2.18. The van der Waals surface area contributed by atoms with E-state index < -0.39 is 0 Å². The van der Waals surface area contributed by atoms with Crippen LogP contribution in [0.15, 0.2) is 28.9 Å². The number of nitrogen functional groups attached to an aromatic ring is 1. The van der Waals surface area contributed by atoms with Crippen molar-refractivity contribution in [1.82, 2.24) is 5.32 Å². The third-order valence-electron chi connectivity index (χ3n) is 3.39. The van der Waals surface area contributed by atoms with E-state index in [2.05, 4.69) is 5.32 Å². The Balaban J connectivity index is 1.85. The summed E-state index contributed by atoms with van der Waals surface area (Å²) in [6.45, 7) is 0.853. The Hall–Kier alpha value is -1.48. The van der Waals surface area contributed by atoms with E-state index in [0.717, 1.165) is 23.2 Å². The molecule has 3 rings (SSSR count). The van der Waals surface area contributed by atoms with Gasteiger partial charge in [0, 0.05) is 29.2 Å². The Kier molecular flexibility index (Phi) is 2.33. The molecule has 1 fully saturated rings. The average Bonchev–Trinajstić information content (AvgIpc) is 2.61. The topological polar surface area (TPSA) is 51.2 Å². The summed E-state index contributed by atoms with van der Waals surface area (Å²) in [6.07, 6.45) is 5.76. The Morgan fingerprint density at radius 3 is 3.00 bits per heavy atom. The predicted octanol–water partition coefficient (Wildman–Crippen LogP) is 2.66. The van der Waals surface area contributed by atoms with Crippen molar-refractivity contribution >= 4 is 16.7 Å². The summed E-state index contributed by atoms with van der Waals surface area (Å²) < 4.78 is 5.49. The second-order valence-corrected chi connectivity index (χ2v) is 4.49. The second-order valence-electron chi connectivity index (χ2n) is 4.49. The average molecular weight is 216 g/mol. The molecule has 1 aliphatic carbocycles. The highest BCUT2D eigenvalue weighted by atomic mass is 16.3. The zero-order chi connectivity index (χ0) is 11.0. The molecule has 3 N–H and O–H groups in total. The molecule has 1 saturated carbocycles. The number of hydrogen-bond acceptors (Lipinski definition) is 3. The van der Waals surface area contributed by atoms with E-state index >= 15 is 0 Å². The number of benzene rings is 1.